The Morgan fingerprint density at radius 1 is 1.31 bits per heavy atom. The van der Waals surface area contributed by atoms with Crippen LogP contribution in [0.25, 0.3) is 0 Å². The van der Waals surface area contributed by atoms with E-state index in [-0.39, 0.29) is 17.6 Å². The SMILES string of the molecule is CCC(C)Oc1ccc(O)c(O)c1. The van der Waals surface area contributed by atoms with E-state index in [0.29, 0.717) is 5.75 Å². The average Bonchev–Trinajstić information content (AvgIpc) is 2.11. The third kappa shape index (κ3) is 2.54. The highest BCUT2D eigenvalue weighted by Gasteiger charge is 2.04. The number of hydrogen-bond donors (Lipinski definition) is 2. The molecule has 0 radical (unpaired) electrons. The molecule has 0 bridgehead atoms. The molecule has 0 aromatic heterocycles. The Hall–Kier alpha value is -1.38. The Morgan fingerprint density at radius 2 is 2.00 bits per heavy atom. The van der Waals surface area contributed by atoms with Crippen LogP contribution in [0.1, 0.15) is 20.3 Å². The summed E-state index contributed by atoms with van der Waals surface area (Å²) >= 11 is 0. The van der Waals surface area contributed by atoms with Crippen LogP contribution in [0.3, 0.4) is 0 Å². The second-order valence-corrected chi connectivity index (χ2v) is 2.99. The van der Waals surface area contributed by atoms with Gasteiger partial charge in [0.05, 0.1) is 6.10 Å². The zero-order valence-electron chi connectivity index (χ0n) is 7.82. The van der Waals surface area contributed by atoms with E-state index in [4.69, 9.17) is 14.9 Å². The van der Waals surface area contributed by atoms with Gasteiger partial charge >= 0.3 is 0 Å². The van der Waals surface area contributed by atoms with Crippen molar-refractivity contribution in [1.29, 1.82) is 0 Å². The van der Waals surface area contributed by atoms with Crippen molar-refractivity contribution in [3.63, 3.8) is 0 Å². The molecule has 72 valence electrons. The van der Waals surface area contributed by atoms with Crippen molar-refractivity contribution in [3.8, 4) is 17.2 Å². The van der Waals surface area contributed by atoms with E-state index < -0.39 is 0 Å². The van der Waals surface area contributed by atoms with Crippen molar-refractivity contribution in [1.82, 2.24) is 0 Å². The van der Waals surface area contributed by atoms with E-state index in [1.54, 1.807) is 6.07 Å². The topological polar surface area (TPSA) is 49.7 Å². The predicted molar refractivity (Wildman–Crippen MR) is 50.2 cm³/mol. The Labute approximate surface area is 77.6 Å². The Bertz CT molecular complexity index is 283. The molecule has 0 aliphatic carbocycles. The standard InChI is InChI=1S/C10H14O3/c1-3-7(2)13-8-4-5-9(11)10(12)6-8/h4-7,11-12H,3H2,1-2H3. The van der Waals surface area contributed by atoms with Gasteiger partial charge < -0.3 is 14.9 Å². The molecule has 0 amide bonds. The van der Waals surface area contributed by atoms with Gasteiger partial charge in [0.15, 0.2) is 11.5 Å². The lowest BCUT2D eigenvalue weighted by Gasteiger charge is -2.12. The van der Waals surface area contributed by atoms with Crippen LogP contribution in [-0.2, 0) is 0 Å². The summed E-state index contributed by atoms with van der Waals surface area (Å²) < 4.78 is 5.43. The molecule has 1 atom stereocenters. The Balaban J connectivity index is 2.73. The number of ether oxygens (including phenoxy) is 1. The highest BCUT2D eigenvalue weighted by Crippen LogP contribution is 2.29. The van der Waals surface area contributed by atoms with Crippen molar-refractivity contribution in [2.75, 3.05) is 0 Å². The summed E-state index contributed by atoms with van der Waals surface area (Å²) in [5.74, 6) is 0.293. The summed E-state index contributed by atoms with van der Waals surface area (Å²) in [6.07, 6.45) is 1.02. The number of benzene rings is 1. The van der Waals surface area contributed by atoms with Crippen LogP contribution in [0.2, 0.25) is 0 Å². The molecule has 2 N–H and O–H groups in total. The first-order chi connectivity index (χ1) is 6.13. The predicted octanol–water partition coefficient (Wildman–Crippen LogP) is 2.28. The molecule has 1 unspecified atom stereocenters. The molecule has 1 aromatic carbocycles. The number of phenols is 2. The van der Waals surface area contributed by atoms with E-state index in [1.165, 1.54) is 12.1 Å². The highest BCUT2D eigenvalue weighted by atomic mass is 16.5. The lowest BCUT2D eigenvalue weighted by atomic mass is 10.3. The van der Waals surface area contributed by atoms with Gasteiger partial charge in [-0.25, -0.2) is 0 Å². The van der Waals surface area contributed by atoms with Crippen LogP contribution in [0.5, 0.6) is 17.2 Å². The maximum absolute atomic E-state index is 9.16. The minimum atomic E-state index is -0.152. The molecule has 13 heavy (non-hydrogen) atoms. The van der Waals surface area contributed by atoms with Gasteiger partial charge in [0.2, 0.25) is 0 Å². The zero-order chi connectivity index (χ0) is 9.84. The number of phenolic OH excluding ortho intramolecular Hbond substituents is 2. The average molecular weight is 182 g/mol. The van der Waals surface area contributed by atoms with Crippen molar-refractivity contribution in [2.45, 2.75) is 26.4 Å². The van der Waals surface area contributed by atoms with E-state index in [1.807, 2.05) is 13.8 Å². The summed E-state index contributed by atoms with van der Waals surface area (Å²) in [5, 5.41) is 18.2. The minimum absolute atomic E-state index is 0.115. The van der Waals surface area contributed by atoms with Crippen LogP contribution in [0.4, 0.5) is 0 Å². The quantitative estimate of drug-likeness (QED) is 0.705. The van der Waals surface area contributed by atoms with Gasteiger partial charge in [0.25, 0.3) is 0 Å². The van der Waals surface area contributed by atoms with Crippen molar-refractivity contribution >= 4 is 0 Å². The van der Waals surface area contributed by atoms with Gasteiger partial charge in [0.1, 0.15) is 5.75 Å². The first-order valence-corrected chi connectivity index (χ1v) is 4.32. The van der Waals surface area contributed by atoms with Gasteiger partial charge in [-0.05, 0) is 25.5 Å². The van der Waals surface area contributed by atoms with Crippen LogP contribution in [0, 0.1) is 0 Å². The normalized spacial score (nSPS) is 12.5. The fraction of sp³-hybridized carbons (Fsp3) is 0.400. The lowest BCUT2D eigenvalue weighted by Crippen LogP contribution is -2.09. The van der Waals surface area contributed by atoms with Crippen LogP contribution >= 0.6 is 0 Å². The van der Waals surface area contributed by atoms with Gasteiger partial charge in [0, 0.05) is 6.07 Å². The Kier molecular flexibility index (Phi) is 3.01. The maximum atomic E-state index is 9.16. The highest BCUT2D eigenvalue weighted by molar-refractivity contribution is 5.43. The fourth-order valence-electron chi connectivity index (χ4n) is 0.892. The van der Waals surface area contributed by atoms with Gasteiger partial charge in [-0.1, -0.05) is 6.92 Å². The molecule has 0 aliphatic rings. The molecule has 0 heterocycles. The molecule has 0 fully saturated rings. The second kappa shape index (κ2) is 4.03. The molecule has 0 aliphatic heterocycles. The summed E-state index contributed by atoms with van der Waals surface area (Å²) in [6, 6.07) is 4.44. The summed E-state index contributed by atoms with van der Waals surface area (Å²) in [5.41, 5.74) is 0. The van der Waals surface area contributed by atoms with Crippen LogP contribution in [-0.4, -0.2) is 16.3 Å². The molecule has 0 saturated heterocycles. The zero-order valence-corrected chi connectivity index (χ0v) is 7.82. The molecule has 1 rings (SSSR count). The second-order valence-electron chi connectivity index (χ2n) is 2.99. The number of aromatic hydroxyl groups is 2. The minimum Gasteiger partial charge on any atom is -0.504 e. The van der Waals surface area contributed by atoms with Crippen molar-refractivity contribution in [3.05, 3.63) is 18.2 Å². The first-order valence-electron chi connectivity index (χ1n) is 4.32. The number of rotatable bonds is 3. The lowest BCUT2D eigenvalue weighted by molar-refractivity contribution is 0.216. The van der Waals surface area contributed by atoms with Crippen LogP contribution in [0.15, 0.2) is 18.2 Å². The monoisotopic (exact) mass is 182 g/mol. The fourth-order valence-corrected chi connectivity index (χ4v) is 0.892. The first kappa shape index (κ1) is 9.71. The largest absolute Gasteiger partial charge is 0.504 e. The smallest absolute Gasteiger partial charge is 0.161 e. The van der Waals surface area contributed by atoms with Gasteiger partial charge in [-0.3, -0.25) is 0 Å². The number of hydrogen-bond acceptors (Lipinski definition) is 3. The van der Waals surface area contributed by atoms with E-state index in [0.717, 1.165) is 6.42 Å². The third-order valence-corrected chi connectivity index (χ3v) is 1.86. The van der Waals surface area contributed by atoms with Crippen molar-refractivity contribution < 1.29 is 14.9 Å². The van der Waals surface area contributed by atoms with Crippen molar-refractivity contribution in [2.24, 2.45) is 0 Å². The summed E-state index contributed by atoms with van der Waals surface area (Å²) in [6.45, 7) is 3.97. The van der Waals surface area contributed by atoms with E-state index in [2.05, 4.69) is 0 Å². The summed E-state index contributed by atoms with van der Waals surface area (Å²) in [7, 11) is 0. The summed E-state index contributed by atoms with van der Waals surface area (Å²) in [4.78, 5) is 0. The van der Waals surface area contributed by atoms with E-state index >= 15 is 0 Å². The van der Waals surface area contributed by atoms with E-state index in [9.17, 15) is 0 Å². The molecular formula is C10H14O3. The molecule has 3 heteroatoms. The third-order valence-electron chi connectivity index (χ3n) is 1.86. The molecule has 1 aromatic rings. The van der Waals surface area contributed by atoms with Gasteiger partial charge in [-0.2, -0.15) is 0 Å². The maximum Gasteiger partial charge on any atom is 0.161 e. The molecular weight excluding hydrogens is 168 g/mol. The van der Waals surface area contributed by atoms with Gasteiger partial charge in [-0.15, -0.1) is 0 Å². The van der Waals surface area contributed by atoms with Crippen LogP contribution < -0.4 is 4.74 Å². The molecule has 0 saturated carbocycles. The Morgan fingerprint density at radius 3 is 2.54 bits per heavy atom. The molecule has 3 nitrogen and oxygen atoms in total. The molecule has 0 spiro atoms.